The Kier molecular flexibility index (Phi) is 3.50. The van der Waals surface area contributed by atoms with Gasteiger partial charge in [0.15, 0.2) is 5.82 Å². The van der Waals surface area contributed by atoms with E-state index in [0.717, 1.165) is 32.0 Å². The first-order valence-electron chi connectivity index (χ1n) is 4.18. The highest BCUT2D eigenvalue weighted by Gasteiger charge is 2.12. The average Bonchev–Trinajstić information content (AvgIpc) is 2.54. The molecule has 0 unspecified atom stereocenters. The molecular weight excluding hydrogens is 190 g/mol. The molecule has 1 aromatic rings. The van der Waals surface area contributed by atoms with Gasteiger partial charge < -0.3 is 10.2 Å². The van der Waals surface area contributed by atoms with Gasteiger partial charge in [0, 0.05) is 33.2 Å². The predicted molar refractivity (Wildman–Crippen MR) is 53.3 cm³/mol. The van der Waals surface area contributed by atoms with Gasteiger partial charge in [0.25, 0.3) is 0 Å². The summed E-state index contributed by atoms with van der Waals surface area (Å²) < 4.78 is 1.73. The lowest BCUT2D eigenvalue weighted by atomic mass is 10.4. The standard InChI is InChI=1S/C7H13N5.ClH/c1-11-6-7(9-10-11)12-4-2-8-3-5-12;/h6,8H,2-5H2,1H3;1H. The molecule has 1 aromatic heterocycles. The summed E-state index contributed by atoms with van der Waals surface area (Å²) in [5.74, 6) is 0.985. The lowest BCUT2D eigenvalue weighted by Crippen LogP contribution is -2.43. The van der Waals surface area contributed by atoms with Crippen LogP contribution in [0.1, 0.15) is 0 Å². The quantitative estimate of drug-likeness (QED) is 0.678. The van der Waals surface area contributed by atoms with Crippen LogP contribution in [0.25, 0.3) is 0 Å². The van der Waals surface area contributed by atoms with Crippen LogP contribution in [0.4, 0.5) is 5.82 Å². The fourth-order valence-electron chi connectivity index (χ4n) is 1.37. The van der Waals surface area contributed by atoms with Crippen molar-refractivity contribution in [3.63, 3.8) is 0 Å². The highest BCUT2D eigenvalue weighted by Crippen LogP contribution is 2.07. The molecule has 0 radical (unpaired) electrons. The van der Waals surface area contributed by atoms with Crippen molar-refractivity contribution < 1.29 is 0 Å². The number of rotatable bonds is 1. The number of aromatic nitrogens is 3. The van der Waals surface area contributed by atoms with Gasteiger partial charge in [-0.1, -0.05) is 5.21 Å². The molecule has 13 heavy (non-hydrogen) atoms. The smallest absolute Gasteiger partial charge is 0.171 e. The number of hydrogen-bond acceptors (Lipinski definition) is 4. The predicted octanol–water partition coefficient (Wildman–Crippen LogP) is -0.354. The number of piperazine rings is 1. The Balaban J connectivity index is 0.000000845. The molecular formula is C7H14ClN5. The molecule has 0 atom stereocenters. The second kappa shape index (κ2) is 4.43. The molecule has 1 saturated heterocycles. The molecule has 1 N–H and O–H groups in total. The van der Waals surface area contributed by atoms with Crippen LogP contribution in [-0.4, -0.2) is 41.2 Å². The van der Waals surface area contributed by atoms with Crippen molar-refractivity contribution in [2.75, 3.05) is 31.1 Å². The Morgan fingerprint density at radius 2 is 2.08 bits per heavy atom. The molecule has 0 saturated carbocycles. The lowest BCUT2D eigenvalue weighted by Gasteiger charge is -2.26. The van der Waals surface area contributed by atoms with Crippen LogP contribution in [0.15, 0.2) is 6.20 Å². The van der Waals surface area contributed by atoms with Gasteiger partial charge in [-0.05, 0) is 0 Å². The minimum absolute atomic E-state index is 0. The molecule has 6 heteroatoms. The summed E-state index contributed by atoms with van der Waals surface area (Å²) >= 11 is 0. The third-order valence-corrected chi connectivity index (χ3v) is 2.03. The topological polar surface area (TPSA) is 46.0 Å². The Bertz CT molecular complexity index is 255. The van der Waals surface area contributed by atoms with E-state index in [1.807, 2.05) is 13.2 Å². The molecule has 2 heterocycles. The molecule has 74 valence electrons. The molecule has 0 amide bonds. The van der Waals surface area contributed by atoms with E-state index >= 15 is 0 Å². The van der Waals surface area contributed by atoms with Gasteiger partial charge in [-0.2, -0.15) is 0 Å². The molecule has 5 nitrogen and oxygen atoms in total. The third kappa shape index (κ3) is 2.32. The molecule has 0 aliphatic carbocycles. The molecule has 0 spiro atoms. The molecule has 1 aliphatic rings. The number of halogens is 1. The molecule has 0 aromatic carbocycles. The second-order valence-electron chi connectivity index (χ2n) is 2.99. The van der Waals surface area contributed by atoms with Crippen molar-refractivity contribution in [1.82, 2.24) is 20.3 Å². The van der Waals surface area contributed by atoms with E-state index in [0.29, 0.717) is 0 Å². The molecule has 0 bridgehead atoms. The average molecular weight is 204 g/mol. The number of nitrogens with zero attached hydrogens (tertiary/aromatic N) is 4. The van der Waals surface area contributed by atoms with Crippen LogP contribution in [0.3, 0.4) is 0 Å². The minimum atomic E-state index is 0. The molecule has 1 fully saturated rings. The fourth-order valence-corrected chi connectivity index (χ4v) is 1.37. The first-order chi connectivity index (χ1) is 5.86. The first kappa shape index (κ1) is 10.3. The van der Waals surface area contributed by atoms with Crippen molar-refractivity contribution in [3.05, 3.63) is 6.20 Å². The monoisotopic (exact) mass is 203 g/mol. The second-order valence-corrected chi connectivity index (χ2v) is 2.99. The van der Waals surface area contributed by atoms with Crippen molar-refractivity contribution >= 4 is 18.2 Å². The summed E-state index contributed by atoms with van der Waals surface area (Å²) in [6.45, 7) is 4.13. The van der Waals surface area contributed by atoms with E-state index in [4.69, 9.17) is 0 Å². The maximum absolute atomic E-state index is 4.05. The van der Waals surface area contributed by atoms with E-state index in [-0.39, 0.29) is 12.4 Å². The third-order valence-electron chi connectivity index (χ3n) is 2.03. The highest BCUT2D eigenvalue weighted by molar-refractivity contribution is 5.85. The SMILES string of the molecule is Cl.Cn1cc(N2CCNCC2)nn1. The van der Waals surface area contributed by atoms with Gasteiger partial charge in [-0.25, -0.2) is 0 Å². The zero-order valence-electron chi connectivity index (χ0n) is 7.60. The van der Waals surface area contributed by atoms with Gasteiger partial charge in [-0.3, -0.25) is 4.68 Å². The van der Waals surface area contributed by atoms with Gasteiger partial charge in [0.1, 0.15) is 0 Å². The largest absolute Gasteiger partial charge is 0.351 e. The summed E-state index contributed by atoms with van der Waals surface area (Å²) in [6, 6.07) is 0. The summed E-state index contributed by atoms with van der Waals surface area (Å²) in [5, 5.41) is 11.2. The van der Waals surface area contributed by atoms with E-state index < -0.39 is 0 Å². The van der Waals surface area contributed by atoms with E-state index in [2.05, 4.69) is 20.5 Å². The van der Waals surface area contributed by atoms with Crippen molar-refractivity contribution in [2.24, 2.45) is 7.05 Å². The van der Waals surface area contributed by atoms with Crippen LogP contribution in [0.5, 0.6) is 0 Å². The zero-order valence-corrected chi connectivity index (χ0v) is 8.42. The van der Waals surface area contributed by atoms with E-state index in [1.165, 1.54) is 0 Å². The number of anilines is 1. The summed E-state index contributed by atoms with van der Waals surface area (Å²) in [4.78, 5) is 2.24. The van der Waals surface area contributed by atoms with Crippen LogP contribution in [0.2, 0.25) is 0 Å². The molecule has 1 aliphatic heterocycles. The summed E-state index contributed by atoms with van der Waals surface area (Å²) in [5.41, 5.74) is 0. The number of aryl methyl sites for hydroxylation is 1. The minimum Gasteiger partial charge on any atom is -0.351 e. The highest BCUT2D eigenvalue weighted by atomic mass is 35.5. The van der Waals surface area contributed by atoms with E-state index in [1.54, 1.807) is 4.68 Å². The maximum atomic E-state index is 4.05. The zero-order chi connectivity index (χ0) is 8.39. The first-order valence-corrected chi connectivity index (χ1v) is 4.18. The fraction of sp³-hybridized carbons (Fsp3) is 0.714. The van der Waals surface area contributed by atoms with Gasteiger partial charge in [0.05, 0.1) is 6.20 Å². The Morgan fingerprint density at radius 3 is 2.62 bits per heavy atom. The van der Waals surface area contributed by atoms with Gasteiger partial charge in [0.2, 0.25) is 0 Å². The Labute approximate surface area is 83.5 Å². The van der Waals surface area contributed by atoms with Crippen LogP contribution < -0.4 is 10.2 Å². The van der Waals surface area contributed by atoms with Crippen molar-refractivity contribution in [2.45, 2.75) is 0 Å². The summed E-state index contributed by atoms with van der Waals surface area (Å²) in [7, 11) is 1.89. The number of hydrogen-bond donors (Lipinski definition) is 1. The van der Waals surface area contributed by atoms with Crippen molar-refractivity contribution in [1.29, 1.82) is 0 Å². The normalized spacial score (nSPS) is 16.8. The van der Waals surface area contributed by atoms with Crippen LogP contribution >= 0.6 is 12.4 Å². The number of nitrogens with one attached hydrogen (secondary N) is 1. The van der Waals surface area contributed by atoms with Gasteiger partial charge in [-0.15, -0.1) is 17.5 Å². The Morgan fingerprint density at radius 1 is 1.38 bits per heavy atom. The van der Waals surface area contributed by atoms with E-state index in [9.17, 15) is 0 Å². The molecule has 2 rings (SSSR count). The van der Waals surface area contributed by atoms with Crippen LogP contribution in [-0.2, 0) is 7.05 Å². The Hall–Kier alpha value is -0.810. The maximum Gasteiger partial charge on any atom is 0.171 e. The van der Waals surface area contributed by atoms with Gasteiger partial charge >= 0.3 is 0 Å². The lowest BCUT2D eigenvalue weighted by molar-refractivity contribution is 0.584. The van der Waals surface area contributed by atoms with Crippen LogP contribution in [0, 0.1) is 0 Å². The summed E-state index contributed by atoms with van der Waals surface area (Å²) in [6.07, 6.45) is 1.95. The van der Waals surface area contributed by atoms with Crippen molar-refractivity contribution in [3.8, 4) is 0 Å².